The van der Waals surface area contributed by atoms with Gasteiger partial charge in [0.15, 0.2) is 11.5 Å². The average molecular weight is 527 g/mol. The lowest BCUT2D eigenvalue weighted by Crippen LogP contribution is -2.15. The smallest absolute Gasteiger partial charge is 0.268 e. The summed E-state index contributed by atoms with van der Waals surface area (Å²) in [5, 5.41) is 11.6. The Bertz CT molecular complexity index is 1420. The van der Waals surface area contributed by atoms with Gasteiger partial charge in [-0.3, -0.25) is 10.1 Å². The van der Waals surface area contributed by atoms with Crippen molar-refractivity contribution in [3.05, 3.63) is 64.7 Å². The van der Waals surface area contributed by atoms with Crippen LogP contribution in [0.3, 0.4) is 0 Å². The standard InChI is InChI=1S/C25H26N4O5S2/c1-16(2)15-36(31,32)25-28-24(35-29-25)27-23(30)20(13-26)11-18-8-9-21(22(12-18)33-4)34-14-19-7-5-6-17(3)10-19/h5-12,16H,14-15H2,1-4H3,(H,27,28,29,30)/b20-11-. The van der Waals surface area contributed by atoms with Crippen LogP contribution in [0.15, 0.2) is 53.2 Å². The summed E-state index contributed by atoms with van der Waals surface area (Å²) in [4.78, 5) is 16.5. The first-order valence-corrected chi connectivity index (χ1v) is 13.4. The van der Waals surface area contributed by atoms with E-state index in [1.807, 2.05) is 37.3 Å². The van der Waals surface area contributed by atoms with Crippen LogP contribution < -0.4 is 14.8 Å². The molecule has 3 aromatic rings. The number of ether oxygens (including phenoxy) is 2. The van der Waals surface area contributed by atoms with Crippen LogP contribution in [-0.2, 0) is 21.2 Å². The lowest BCUT2D eigenvalue weighted by atomic mass is 10.1. The van der Waals surface area contributed by atoms with Crippen LogP contribution in [0.25, 0.3) is 6.08 Å². The number of benzene rings is 2. The van der Waals surface area contributed by atoms with Crippen molar-refractivity contribution in [2.75, 3.05) is 18.2 Å². The van der Waals surface area contributed by atoms with Crippen molar-refractivity contribution < 1.29 is 22.7 Å². The fourth-order valence-corrected chi connectivity index (χ4v) is 5.59. The van der Waals surface area contributed by atoms with Crippen molar-refractivity contribution in [3.8, 4) is 17.6 Å². The predicted molar refractivity (Wildman–Crippen MR) is 138 cm³/mol. The third kappa shape index (κ3) is 7.13. The number of carbonyl (C=O) groups is 1. The zero-order chi connectivity index (χ0) is 26.3. The molecule has 11 heteroatoms. The quantitative estimate of drug-likeness (QED) is 0.304. The minimum Gasteiger partial charge on any atom is -0.493 e. The normalized spacial score (nSPS) is 11.7. The summed E-state index contributed by atoms with van der Waals surface area (Å²) in [6.07, 6.45) is 1.39. The molecule has 9 nitrogen and oxygen atoms in total. The molecule has 36 heavy (non-hydrogen) atoms. The molecular weight excluding hydrogens is 500 g/mol. The Morgan fingerprint density at radius 1 is 1.22 bits per heavy atom. The Hall–Kier alpha value is -3.75. The van der Waals surface area contributed by atoms with E-state index in [4.69, 9.17) is 9.47 Å². The second-order valence-corrected chi connectivity index (χ2v) is 11.0. The number of nitrogens with one attached hydrogen (secondary N) is 1. The van der Waals surface area contributed by atoms with Crippen LogP contribution in [0.1, 0.15) is 30.5 Å². The molecule has 0 aliphatic carbocycles. The van der Waals surface area contributed by atoms with E-state index in [0.717, 1.165) is 22.7 Å². The van der Waals surface area contributed by atoms with Crippen LogP contribution in [0.4, 0.5) is 5.13 Å². The molecule has 1 heterocycles. The van der Waals surface area contributed by atoms with Crippen molar-refractivity contribution in [2.45, 2.75) is 32.5 Å². The van der Waals surface area contributed by atoms with Crippen LogP contribution in [-0.4, -0.2) is 36.5 Å². The Morgan fingerprint density at radius 2 is 2.00 bits per heavy atom. The van der Waals surface area contributed by atoms with Gasteiger partial charge in [0, 0.05) is 11.5 Å². The highest BCUT2D eigenvalue weighted by Gasteiger charge is 2.23. The van der Waals surface area contributed by atoms with Crippen molar-refractivity contribution in [1.29, 1.82) is 5.26 Å². The summed E-state index contributed by atoms with van der Waals surface area (Å²) in [7, 11) is -2.15. The maximum atomic E-state index is 12.6. The number of carbonyl (C=O) groups excluding carboxylic acids is 1. The van der Waals surface area contributed by atoms with E-state index in [9.17, 15) is 18.5 Å². The SMILES string of the molecule is COc1cc(/C=C(/C#N)C(=O)Nc2nc(S(=O)(=O)CC(C)C)ns2)ccc1OCc1cccc(C)c1. The monoisotopic (exact) mass is 526 g/mol. The maximum absolute atomic E-state index is 12.6. The molecule has 0 radical (unpaired) electrons. The second kappa shape index (κ2) is 11.8. The number of hydrogen-bond donors (Lipinski definition) is 1. The number of amides is 1. The third-order valence-electron chi connectivity index (χ3n) is 4.80. The molecular formula is C25H26N4O5S2. The van der Waals surface area contributed by atoms with E-state index in [-0.39, 0.29) is 27.5 Å². The summed E-state index contributed by atoms with van der Waals surface area (Å²) in [5.74, 6) is 0.0232. The van der Waals surface area contributed by atoms with Gasteiger partial charge < -0.3 is 9.47 Å². The lowest BCUT2D eigenvalue weighted by Gasteiger charge is -2.12. The van der Waals surface area contributed by atoms with E-state index in [0.29, 0.717) is 23.7 Å². The summed E-state index contributed by atoms with van der Waals surface area (Å²) in [6.45, 7) is 5.91. The summed E-state index contributed by atoms with van der Waals surface area (Å²) in [6, 6.07) is 14.9. The summed E-state index contributed by atoms with van der Waals surface area (Å²) in [5.41, 5.74) is 2.49. The fraction of sp³-hybridized carbons (Fsp3) is 0.280. The Kier molecular flexibility index (Phi) is 8.79. The Balaban J connectivity index is 1.73. The molecule has 0 aliphatic rings. The van der Waals surface area contributed by atoms with Crippen LogP contribution in [0.5, 0.6) is 11.5 Å². The van der Waals surface area contributed by atoms with E-state index < -0.39 is 15.7 Å². The average Bonchev–Trinajstić information content (AvgIpc) is 3.30. The molecule has 2 aromatic carbocycles. The molecule has 0 aliphatic heterocycles. The van der Waals surface area contributed by atoms with Gasteiger partial charge >= 0.3 is 0 Å². The number of nitrogens with zero attached hydrogens (tertiary/aromatic N) is 3. The number of anilines is 1. The summed E-state index contributed by atoms with van der Waals surface area (Å²) < 4.78 is 39.7. The molecule has 1 aromatic heterocycles. The van der Waals surface area contributed by atoms with Gasteiger partial charge in [-0.25, -0.2) is 8.42 Å². The number of rotatable bonds is 10. The van der Waals surface area contributed by atoms with Crippen molar-refractivity contribution >= 4 is 38.5 Å². The van der Waals surface area contributed by atoms with E-state index in [2.05, 4.69) is 14.7 Å². The fourth-order valence-electron chi connectivity index (χ4n) is 3.24. The third-order valence-corrected chi connectivity index (χ3v) is 7.39. The number of aromatic nitrogens is 2. The minimum absolute atomic E-state index is 0.0130. The van der Waals surface area contributed by atoms with Gasteiger partial charge in [-0.2, -0.15) is 14.6 Å². The first kappa shape index (κ1) is 26.8. The first-order valence-electron chi connectivity index (χ1n) is 11.0. The highest BCUT2D eigenvalue weighted by molar-refractivity contribution is 7.91. The largest absolute Gasteiger partial charge is 0.493 e. The van der Waals surface area contributed by atoms with E-state index in [1.54, 1.807) is 32.0 Å². The zero-order valence-electron chi connectivity index (χ0n) is 20.3. The molecule has 0 atom stereocenters. The van der Waals surface area contributed by atoms with Gasteiger partial charge in [-0.05, 0) is 42.2 Å². The van der Waals surface area contributed by atoms with Gasteiger partial charge in [0.05, 0.1) is 12.9 Å². The number of methoxy groups -OCH3 is 1. The van der Waals surface area contributed by atoms with Crippen molar-refractivity contribution in [2.24, 2.45) is 5.92 Å². The van der Waals surface area contributed by atoms with Gasteiger partial charge in [0.1, 0.15) is 18.2 Å². The highest BCUT2D eigenvalue weighted by Crippen LogP contribution is 2.30. The molecule has 188 valence electrons. The molecule has 1 N–H and O–H groups in total. The Morgan fingerprint density at radius 3 is 2.67 bits per heavy atom. The first-order chi connectivity index (χ1) is 17.1. The molecule has 0 spiro atoms. The highest BCUT2D eigenvalue weighted by atomic mass is 32.2. The van der Waals surface area contributed by atoms with E-state index >= 15 is 0 Å². The van der Waals surface area contributed by atoms with Gasteiger partial charge in [-0.15, -0.1) is 0 Å². The molecule has 0 bridgehead atoms. The van der Waals surface area contributed by atoms with Crippen molar-refractivity contribution in [1.82, 2.24) is 9.36 Å². The topological polar surface area (TPSA) is 131 Å². The van der Waals surface area contributed by atoms with Crippen molar-refractivity contribution in [3.63, 3.8) is 0 Å². The minimum atomic E-state index is -3.65. The summed E-state index contributed by atoms with van der Waals surface area (Å²) >= 11 is 0.733. The van der Waals surface area contributed by atoms with Gasteiger partial charge in [0.2, 0.25) is 15.0 Å². The van der Waals surface area contributed by atoms with Crippen LogP contribution in [0.2, 0.25) is 0 Å². The zero-order valence-corrected chi connectivity index (χ0v) is 21.9. The predicted octanol–water partition coefficient (Wildman–Crippen LogP) is 4.41. The molecule has 0 unspecified atom stereocenters. The Labute approximate surface area is 214 Å². The van der Waals surface area contributed by atoms with Crippen LogP contribution >= 0.6 is 11.5 Å². The number of sulfone groups is 1. The molecule has 3 rings (SSSR count). The second-order valence-electron chi connectivity index (χ2n) is 8.37. The number of nitriles is 1. The number of aryl methyl sites for hydroxylation is 1. The van der Waals surface area contributed by atoms with E-state index in [1.165, 1.54) is 13.2 Å². The van der Waals surface area contributed by atoms with Gasteiger partial charge in [0.25, 0.3) is 11.1 Å². The number of hydrogen-bond acceptors (Lipinski definition) is 9. The lowest BCUT2D eigenvalue weighted by molar-refractivity contribution is -0.112. The van der Waals surface area contributed by atoms with Gasteiger partial charge in [-0.1, -0.05) is 49.7 Å². The molecule has 1 amide bonds. The van der Waals surface area contributed by atoms with Crippen LogP contribution in [0, 0.1) is 24.2 Å². The molecule has 0 saturated carbocycles. The molecule has 0 saturated heterocycles. The maximum Gasteiger partial charge on any atom is 0.268 e. The molecule has 0 fully saturated rings.